The first-order chi connectivity index (χ1) is 13.3. The summed E-state index contributed by atoms with van der Waals surface area (Å²) < 4.78 is 5.47. The average Bonchev–Trinajstić information content (AvgIpc) is 2.67. The van der Waals surface area contributed by atoms with Crippen molar-refractivity contribution >= 4 is 5.97 Å². The lowest BCUT2D eigenvalue weighted by Crippen LogP contribution is -2.18. The van der Waals surface area contributed by atoms with Gasteiger partial charge in [-0.25, -0.2) is 0 Å². The second-order valence-corrected chi connectivity index (χ2v) is 8.03. The summed E-state index contributed by atoms with van der Waals surface area (Å²) in [5.41, 5.74) is 0. The third-order valence-corrected chi connectivity index (χ3v) is 5.26. The van der Waals surface area contributed by atoms with Crippen LogP contribution in [0.25, 0.3) is 0 Å². The molecule has 0 aliphatic carbocycles. The van der Waals surface area contributed by atoms with Gasteiger partial charge in [0.1, 0.15) is 0 Å². The first kappa shape index (κ1) is 26.2. The van der Waals surface area contributed by atoms with Crippen molar-refractivity contribution < 1.29 is 9.53 Å². The number of rotatable bonds is 20. The molecule has 0 aliphatic heterocycles. The van der Waals surface area contributed by atoms with E-state index in [-0.39, 0.29) is 11.9 Å². The molecule has 0 atom stereocenters. The van der Waals surface area contributed by atoms with Crippen LogP contribution in [0, 0.1) is 5.92 Å². The molecule has 0 unspecified atom stereocenters. The molecule has 0 saturated carbocycles. The highest BCUT2D eigenvalue weighted by Crippen LogP contribution is 2.16. The minimum atomic E-state index is 0.0363. The third kappa shape index (κ3) is 18.3. The van der Waals surface area contributed by atoms with Crippen LogP contribution in [-0.4, -0.2) is 12.6 Å². The Morgan fingerprint density at radius 3 is 1.67 bits per heavy atom. The molecule has 0 amide bonds. The van der Waals surface area contributed by atoms with E-state index in [1.165, 1.54) is 77.0 Å². The first-order valence-electron chi connectivity index (χ1n) is 12.1. The molecule has 0 N–H and O–H groups in total. The van der Waals surface area contributed by atoms with E-state index in [0.29, 0.717) is 6.61 Å². The Balaban J connectivity index is 3.37. The number of esters is 1. The molecule has 0 radical (unpaired) electrons. The largest absolute Gasteiger partial charge is 0.465 e. The average molecular weight is 381 g/mol. The monoisotopic (exact) mass is 380 g/mol. The van der Waals surface area contributed by atoms with E-state index < -0.39 is 0 Å². The molecule has 2 nitrogen and oxygen atoms in total. The van der Waals surface area contributed by atoms with E-state index in [4.69, 9.17) is 4.74 Å². The fourth-order valence-electron chi connectivity index (χ4n) is 3.54. The molecule has 0 heterocycles. The van der Waals surface area contributed by atoms with Gasteiger partial charge >= 0.3 is 5.97 Å². The minimum absolute atomic E-state index is 0.0363. The SMILES string of the molecule is CCCCCCCC/C=C/CCCCCCCOC(=O)C(CCC)CCC. The molecule has 0 aromatic carbocycles. The zero-order chi connectivity index (χ0) is 20.0. The summed E-state index contributed by atoms with van der Waals surface area (Å²) in [4.78, 5) is 12.0. The zero-order valence-electron chi connectivity index (χ0n) is 18.8. The Kier molecular flexibility index (Phi) is 20.9. The zero-order valence-corrected chi connectivity index (χ0v) is 18.8. The number of hydrogen-bond acceptors (Lipinski definition) is 2. The molecule has 27 heavy (non-hydrogen) atoms. The summed E-state index contributed by atoms with van der Waals surface area (Å²) in [5, 5.41) is 0. The standard InChI is InChI=1S/C25H48O2/c1-4-7-8-9-10-11-12-13-14-15-16-17-18-19-20-23-27-25(26)24(21-5-2)22-6-3/h13-14,24H,4-12,15-23H2,1-3H3/b14-13+. The van der Waals surface area contributed by atoms with Crippen LogP contribution in [-0.2, 0) is 9.53 Å². The van der Waals surface area contributed by atoms with Gasteiger partial charge in [-0.15, -0.1) is 0 Å². The minimum Gasteiger partial charge on any atom is -0.465 e. The van der Waals surface area contributed by atoms with Crippen molar-refractivity contribution in [2.45, 2.75) is 130 Å². The van der Waals surface area contributed by atoms with Crippen molar-refractivity contribution in [3.05, 3.63) is 12.2 Å². The molecule has 2 heteroatoms. The summed E-state index contributed by atoms with van der Waals surface area (Å²) in [5.74, 6) is 0.164. The van der Waals surface area contributed by atoms with Crippen LogP contribution in [0.1, 0.15) is 130 Å². The van der Waals surface area contributed by atoms with Crippen molar-refractivity contribution in [1.82, 2.24) is 0 Å². The molecule has 0 spiro atoms. The van der Waals surface area contributed by atoms with Crippen LogP contribution in [0.4, 0.5) is 0 Å². The van der Waals surface area contributed by atoms with E-state index in [0.717, 1.165) is 32.1 Å². The normalized spacial score (nSPS) is 11.6. The molecule has 0 aromatic rings. The summed E-state index contributed by atoms with van der Waals surface area (Å²) in [6.07, 6.45) is 25.7. The predicted molar refractivity (Wildman–Crippen MR) is 119 cm³/mol. The highest BCUT2D eigenvalue weighted by atomic mass is 16.5. The Morgan fingerprint density at radius 2 is 1.15 bits per heavy atom. The number of carbonyl (C=O) groups is 1. The highest BCUT2D eigenvalue weighted by Gasteiger charge is 2.17. The Morgan fingerprint density at radius 1 is 0.667 bits per heavy atom. The van der Waals surface area contributed by atoms with Gasteiger partial charge in [0, 0.05) is 0 Å². The number of carbonyl (C=O) groups excluding carboxylic acids is 1. The second kappa shape index (κ2) is 21.5. The van der Waals surface area contributed by atoms with Crippen LogP contribution in [0.15, 0.2) is 12.2 Å². The summed E-state index contributed by atoms with van der Waals surface area (Å²) >= 11 is 0. The molecule has 0 aliphatic rings. The molecule has 0 saturated heterocycles. The van der Waals surface area contributed by atoms with Crippen molar-refractivity contribution in [3.63, 3.8) is 0 Å². The maximum absolute atomic E-state index is 12.0. The molecule has 0 fully saturated rings. The lowest BCUT2D eigenvalue weighted by Gasteiger charge is -2.14. The Bertz CT molecular complexity index is 329. The van der Waals surface area contributed by atoms with Crippen LogP contribution in [0.2, 0.25) is 0 Å². The summed E-state index contributed by atoms with van der Waals surface area (Å²) in [7, 11) is 0. The quantitative estimate of drug-likeness (QED) is 0.120. The van der Waals surface area contributed by atoms with Crippen LogP contribution in [0.5, 0.6) is 0 Å². The smallest absolute Gasteiger partial charge is 0.308 e. The molecular weight excluding hydrogens is 332 g/mol. The van der Waals surface area contributed by atoms with Crippen molar-refractivity contribution in [3.8, 4) is 0 Å². The van der Waals surface area contributed by atoms with Crippen molar-refractivity contribution in [1.29, 1.82) is 0 Å². The molecule has 0 bridgehead atoms. The van der Waals surface area contributed by atoms with Gasteiger partial charge in [0.15, 0.2) is 0 Å². The van der Waals surface area contributed by atoms with Gasteiger partial charge in [-0.3, -0.25) is 4.79 Å². The maximum atomic E-state index is 12.0. The van der Waals surface area contributed by atoms with Gasteiger partial charge in [0.25, 0.3) is 0 Å². The van der Waals surface area contributed by atoms with Crippen LogP contribution < -0.4 is 0 Å². The lowest BCUT2D eigenvalue weighted by molar-refractivity contribution is -0.149. The van der Waals surface area contributed by atoms with Crippen LogP contribution in [0.3, 0.4) is 0 Å². The lowest BCUT2D eigenvalue weighted by atomic mass is 9.99. The van der Waals surface area contributed by atoms with Gasteiger partial charge < -0.3 is 4.74 Å². The first-order valence-corrected chi connectivity index (χ1v) is 12.1. The van der Waals surface area contributed by atoms with Crippen molar-refractivity contribution in [2.24, 2.45) is 5.92 Å². The third-order valence-electron chi connectivity index (χ3n) is 5.26. The fourth-order valence-corrected chi connectivity index (χ4v) is 3.54. The van der Waals surface area contributed by atoms with Gasteiger partial charge in [-0.2, -0.15) is 0 Å². The van der Waals surface area contributed by atoms with E-state index in [9.17, 15) is 4.79 Å². The number of hydrogen-bond donors (Lipinski definition) is 0. The maximum Gasteiger partial charge on any atom is 0.308 e. The Hall–Kier alpha value is -0.790. The van der Waals surface area contributed by atoms with Gasteiger partial charge in [-0.05, 0) is 44.9 Å². The number of allylic oxidation sites excluding steroid dienone is 2. The summed E-state index contributed by atoms with van der Waals surface area (Å²) in [6.45, 7) is 7.16. The topological polar surface area (TPSA) is 26.3 Å². The van der Waals surface area contributed by atoms with Gasteiger partial charge in [0.05, 0.1) is 12.5 Å². The Labute approximate surface area is 170 Å². The van der Waals surface area contributed by atoms with Gasteiger partial charge in [0.2, 0.25) is 0 Å². The predicted octanol–water partition coefficient (Wildman–Crippen LogP) is 8.39. The molecule has 160 valence electrons. The highest BCUT2D eigenvalue weighted by molar-refractivity contribution is 5.72. The number of ether oxygens (including phenoxy) is 1. The molecular formula is C25H48O2. The van der Waals surface area contributed by atoms with Gasteiger partial charge in [-0.1, -0.05) is 97.1 Å². The van der Waals surface area contributed by atoms with E-state index in [1.54, 1.807) is 0 Å². The second-order valence-electron chi connectivity index (χ2n) is 8.03. The van der Waals surface area contributed by atoms with E-state index >= 15 is 0 Å². The fraction of sp³-hybridized carbons (Fsp3) is 0.880. The number of unbranched alkanes of at least 4 members (excludes halogenated alkanes) is 11. The van der Waals surface area contributed by atoms with Crippen LogP contribution >= 0.6 is 0 Å². The van der Waals surface area contributed by atoms with E-state index in [1.807, 2.05) is 0 Å². The van der Waals surface area contributed by atoms with Crippen molar-refractivity contribution in [2.75, 3.05) is 6.61 Å². The molecule has 0 rings (SSSR count). The summed E-state index contributed by atoms with van der Waals surface area (Å²) in [6, 6.07) is 0. The van der Waals surface area contributed by atoms with E-state index in [2.05, 4.69) is 32.9 Å². The molecule has 0 aromatic heterocycles.